The van der Waals surface area contributed by atoms with E-state index < -0.39 is 0 Å². The SMILES string of the molecule is C[NH+]1CCC(COC(=O)c2c(I)ccc(I)c2I)CC1. The number of esters is 1. The molecule has 0 unspecified atom stereocenters. The summed E-state index contributed by atoms with van der Waals surface area (Å²) in [5.74, 6) is 0.351. The largest absolute Gasteiger partial charge is 0.462 e. The molecule has 6 heteroatoms. The van der Waals surface area contributed by atoms with Crippen LogP contribution in [-0.4, -0.2) is 32.7 Å². The monoisotopic (exact) mass is 612 g/mol. The van der Waals surface area contributed by atoms with Crippen molar-refractivity contribution in [3.05, 3.63) is 28.4 Å². The summed E-state index contributed by atoms with van der Waals surface area (Å²) in [5.41, 5.74) is 0.719. The van der Waals surface area contributed by atoms with E-state index >= 15 is 0 Å². The van der Waals surface area contributed by atoms with E-state index in [1.165, 1.54) is 13.1 Å². The molecule has 0 aliphatic carbocycles. The lowest BCUT2D eigenvalue weighted by Gasteiger charge is -2.26. The molecule has 1 aromatic carbocycles. The zero-order chi connectivity index (χ0) is 14.7. The van der Waals surface area contributed by atoms with Gasteiger partial charge >= 0.3 is 5.97 Å². The molecular weight excluding hydrogens is 595 g/mol. The van der Waals surface area contributed by atoms with E-state index in [1.807, 2.05) is 12.1 Å². The summed E-state index contributed by atoms with van der Waals surface area (Å²) in [5, 5.41) is 0. The minimum absolute atomic E-state index is 0.177. The van der Waals surface area contributed by atoms with E-state index in [0.717, 1.165) is 29.1 Å². The number of rotatable bonds is 3. The maximum atomic E-state index is 12.3. The molecule has 1 aromatic rings. The summed E-state index contributed by atoms with van der Waals surface area (Å²) in [6.45, 7) is 2.92. The van der Waals surface area contributed by atoms with Crippen molar-refractivity contribution >= 4 is 73.7 Å². The van der Waals surface area contributed by atoms with Crippen LogP contribution in [0.3, 0.4) is 0 Å². The van der Waals surface area contributed by atoms with Crippen molar-refractivity contribution in [1.82, 2.24) is 0 Å². The maximum Gasteiger partial charge on any atom is 0.340 e. The van der Waals surface area contributed by atoms with Gasteiger partial charge in [-0.2, -0.15) is 0 Å². The zero-order valence-electron chi connectivity index (χ0n) is 11.2. The maximum absolute atomic E-state index is 12.3. The summed E-state index contributed by atoms with van der Waals surface area (Å²) in [4.78, 5) is 13.9. The minimum atomic E-state index is -0.177. The zero-order valence-corrected chi connectivity index (χ0v) is 17.7. The van der Waals surface area contributed by atoms with Crippen molar-refractivity contribution in [3.63, 3.8) is 0 Å². The summed E-state index contributed by atoms with van der Waals surface area (Å²) in [6, 6.07) is 4.00. The van der Waals surface area contributed by atoms with Gasteiger partial charge in [0, 0.05) is 29.5 Å². The van der Waals surface area contributed by atoms with Crippen molar-refractivity contribution < 1.29 is 14.4 Å². The number of halogens is 3. The summed E-state index contributed by atoms with van der Waals surface area (Å²) in [7, 11) is 2.22. The van der Waals surface area contributed by atoms with Crippen molar-refractivity contribution in [3.8, 4) is 0 Å². The molecule has 0 bridgehead atoms. The highest BCUT2D eigenvalue weighted by molar-refractivity contribution is 14.1. The summed E-state index contributed by atoms with van der Waals surface area (Å²) < 4.78 is 8.61. The highest BCUT2D eigenvalue weighted by Gasteiger charge is 2.23. The Bertz CT molecular complexity index is 499. The number of hydrogen-bond acceptors (Lipinski definition) is 2. The number of carbonyl (C=O) groups excluding carboxylic acids is 1. The number of nitrogens with one attached hydrogen (secondary N) is 1. The van der Waals surface area contributed by atoms with Crippen LogP contribution in [0.25, 0.3) is 0 Å². The van der Waals surface area contributed by atoms with E-state index in [0.29, 0.717) is 12.5 Å². The summed E-state index contributed by atoms with van der Waals surface area (Å²) >= 11 is 6.68. The lowest BCUT2D eigenvalue weighted by atomic mass is 9.98. The molecular formula is C14H17I3NO2+. The Morgan fingerprint density at radius 3 is 2.50 bits per heavy atom. The molecule has 1 aliphatic heterocycles. The predicted octanol–water partition coefficient (Wildman–Crippen LogP) is 2.58. The van der Waals surface area contributed by atoms with Gasteiger partial charge in [0.1, 0.15) is 0 Å². The molecule has 20 heavy (non-hydrogen) atoms. The van der Waals surface area contributed by atoms with Crippen LogP contribution in [0.5, 0.6) is 0 Å². The van der Waals surface area contributed by atoms with Crippen molar-refractivity contribution in [2.45, 2.75) is 12.8 Å². The second kappa shape index (κ2) is 7.91. The fourth-order valence-electron chi connectivity index (χ4n) is 2.32. The molecule has 3 nitrogen and oxygen atoms in total. The van der Waals surface area contributed by atoms with Gasteiger partial charge in [-0.05, 0) is 79.9 Å². The first-order chi connectivity index (χ1) is 9.49. The second-order valence-corrected chi connectivity index (χ2v) is 8.62. The Morgan fingerprint density at radius 1 is 1.25 bits per heavy atom. The fraction of sp³-hybridized carbons (Fsp3) is 0.500. The average molecular weight is 612 g/mol. The molecule has 1 heterocycles. The van der Waals surface area contributed by atoms with Gasteiger partial charge in [0.25, 0.3) is 0 Å². The van der Waals surface area contributed by atoms with Crippen LogP contribution in [0, 0.1) is 16.6 Å². The molecule has 110 valence electrons. The minimum Gasteiger partial charge on any atom is -0.462 e. The molecule has 1 fully saturated rings. The van der Waals surface area contributed by atoms with Crippen LogP contribution >= 0.6 is 67.8 Å². The first-order valence-electron chi connectivity index (χ1n) is 6.61. The average Bonchev–Trinajstić information content (AvgIpc) is 2.43. The van der Waals surface area contributed by atoms with Crippen molar-refractivity contribution in [2.24, 2.45) is 5.92 Å². The van der Waals surface area contributed by atoms with E-state index in [1.54, 1.807) is 4.90 Å². The highest BCUT2D eigenvalue weighted by Crippen LogP contribution is 2.25. The molecule has 0 saturated carbocycles. The molecule has 1 aliphatic rings. The molecule has 0 atom stereocenters. The second-order valence-electron chi connectivity index (χ2n) is 5.22. The molecule has 1 saturated heterocycles. The van der Waals surface area contributed by atoms with Gasteiger partial charge in [-0.15, -0.1) is 0 Å². The van der Waals surface area contributed by atoms with Gasteiger partial charge in [-0.25, -0.2) is 4.79 Å². The Morgan fingerprint density at radius 2 is 1.85 bits per heavy atom. The third-order valence-electron chi connectivity index (χ3n) is 3.66. The molecule has 0 aromatic heterocycles. The van der Waals surface area contributed by atoms with Crippen LogP contribution in [0.15, 0.2) is 12.1 Å². The summed E-state index contributed by atoms with van der Waals surface area (Å²) in [6.07, 6.45) is 2.30. The normalized spacial score (nSPS) is 22.6. The standard InChI is InChI=1S/C14H16I3NO2/c1-18-6-4-9(5-7-18)8-20-14(19)12-10(15)2-3-11(16)13(12)17/h2-3,9H,4-8H2,1H3/p+1. The fourth-order valence-corrected chi connectivity index (χ4v) is 4.64. The number of piperidine rings is 1. The number of carbonyl (C=O) groups is 1. The first kappa shape index (κ1) is 17.2. The van der Waals surface area contributed by atoms with Crippen LogP contribution in [0.4, 0.5) is 0 Å². The van der Waals surface area contributed by atoms with Crippen LogP contribution in [0.1, 0.15) is 23.2 Å². The predicted molar refractivity (Wildman–Crippen MR) is 104 cm³/mol. The Hall–Kier alpha value is 0.840. The third-order valence-corrected chi connectivity index (χ3v) is 7.61. The molecule has 0 amide bonds. The molecule has 0 radical (unpaired) electrons. The van der Waals surface area contributed by atoms with Gasteiger partial charge in [0.05, 0.1) is 32.3 Å². The van der Waals surface area contributed by atoms with Crippen molar-refractivity contribution in [2.75, 3.05) is 26.7 Å². The van der Waals surface area contributed by atoms with Crippen LogP contribution in [-0.2, 0) is 4.74 Å². The van der Waals surface area contributed by atoms with E-state index in [2.05, 4.69) is 74.8 Å². The van der Waals surface area contributed by atoms with E-state index in [9.17, 15) is 4.79 Å². The Kier molecular flexibility index (Phi) is 6.80. The number of ether oxygens (including phenoxy) is 1. The smallest absolute Gasteiger partial charge is 0.340 e. The van der Waals surface area contributed by atoms with Crippen LogP contribution in [0.2, 0.25) is 0 Å². The van der Waals surface area contributed by atoms with Crippen molar-refractivity contribution in [1.29, 1.82) is 0 Å². The van der Waals surface area contributed by atoms with Gasteiger partial charge in [-0.1, -0.05) is 0 Å². The number of benzene rings is 1. The lowest BCUT2D eigenvalue weighted by molar-refractivity contribution is -0.886. The number of likely N-dealkylation sites (tertiary alicyclic amines) is 1. The molecule has 2 rings (SSSR count). The Balaban J connectivity index is 1.97. The first-order valence-corrected chi connectivity index (χ1v) is 9.84. The quantitative estimate of drug-likeness (QED) is 0.324. The lowest BCUT2D eigenvalue weighted by Crippen LogP contribution is -3.10. The highest BCUT2D eigenvalue weighted by atomic mass is 127. The number of quaternary nitrogens is 1. The van der Waals surface area contributed by atoms with Gasteiger partial charge in [-0.3, -0.25) is 0 Å². The van der Waals surface area contributed by atoms with Crippen LogP contribution < -0.4 is 4.90 Å². The molecule has 1 N–H and O–H groups in total. The van der Waals surface area contributed by atoms with E-state index in [-0.39, 0.29) is 5.97 Å². The van der Waals surface area contributed by atoms with E-state index in [4.69, 9.17) is 4.74 Å². The number of hydrogen-bond donors (Lipinski definition) is 1. The van der Waals surface area contributed by atoms with Gasteiger partial charge < -0.3 is 9.64 Å². The van der Waals surface area contributed by atoms with Gasteiger partial charge in [0.15, 0.2) is 0 Å². The topological polar surface area (TPSA) is 30.7 Å². The Labute approximate surface area is 160 Å². The van der Waals surface area contributed by atoms with Gasteiger partial charge in [0.2, 0.25) is 0 Å². The molecule has 0 spiro atoms. The third kappa shape index (κ3) is 4.42.